The van der Waals surface area contributed by atoms with Crippen molar-refractivity contribution in [1.29, 1.82) is 0 Å². The van der Waals surface area contributed by atoms with E-state index in [9.17, 15) is 10.1 Å². The Kier molecular flexibility index (Phi) is 5.09. The Bertz CT molecular complexity index is 599. The summed E-state index contributed by atoms with van der Waals surface area (Å²) < 4.78 is 5.56. The Morgan fingerprint density at radius 2 is 2.10 bits per heavy atom. The van der Waals surface area contributed by atoms with Gasteiger partial charge in [0.25, 0.3) is 5.69 Å². The molecule has 1 heterocycles. The molecule has 1 aromatic heterocycles. The summed E-state index contributed by atoms with van der Waals surface area (Å²) in [6.07, 6.45) is 2.03. The number of nitrogens with zero attached hydrogens (tertiary/aromatic N) is 2. The molecule has 1 aromatic carbocycles. The lowest BCUT2D eigenvalue weighted by Crippen LogP contribution is -2.07. The van der Waals surface area contributed by atoms with Gasteiger partial charge in [0.05, 0.1) is 11.5 Å². The van der Waals surface area contributed by atoms with E-state index in [1.54, 1.807) is 6.07 Å². The van der Waals surface area contributed by atoms with Crippen LogP contribution in [0.4, 0.5) is 11.5 Å². The minimum Gasteiger partial charge on any atom is -0.494 e. The Balaban J connectivity index is 1.91. The maximum absolute atomic E-state index is 10.5. The van der Waals surface area contributed by atoms with Crippen LogP contribution in [0.5, 0.6) is 5.75 Å². The third-order valence-electron chi connectivity index (χ3n) is 2.93. The summed E-state index contributed by atoms with van der Waals surface area (Å²) in [5, 5.41) is 13.7. The van der Waals surface area contributed by atoms with Crippen molar-refractivity contribution in [3.8, 4) is 5.75 Å². The molecule has 0 bridgehead atoms. The number of pyridine rings is 1. The summed E-state index contributed by atoms with van der Waals surface area (Å²) in [5.74, 6) is 1.51. The van der Waals surface area contributed by atoms with Crippen molar-refractivity contribution in [3.63, 3.8) is 0 Å². The molecule has 0 saturated carbocycles. The molecule has 0 aliphatic heterocycles. The molecule has 110 valence electrons. The van der Waals surface area contributed by atoms with E-state index in [0.717, 1.165) is 17.7 Å². The van der Waals surface area contributed by atoms with Crippen molar-refractivity contribution in [3.05, 3.63) is 58.3 Å². The first-order chi connectivity index (χ1) is 10.2. The van der Waals surface area contributed by atoms with Gasteiger partial charge in [-0.15, -0.1) is 0 Å². The maximum atomic E-state index is 10.5. The quantitative estimate of drug-likeness (QED) is 0.625. The van der Waals surface area contributed by atoms with Crippen molar-refractivity contribution in [2.45, 2.75) is 13.3 Å². The minimum atomic E-state index is -0.463. The number of ether oxygens (including phenoxy) is 1. The van der Waals surface area contributed by atoms with Crippen molar-refractivity contribution in [2.75, 3.05) is 18.5 Å². The van der Waals surface area contributed by atoms with Gasteiger partial charge in [0.1, 0.15) is 17.8 Å². The lowest BCUT2D eigenvalue weighted by atomic mass is 10.1. The predicted octanol–water partition coefficient (Wildman–Crippen LogP) is 3.04. The van der Waals surface area contributed by atoms with Crippen molar-refractivity contribution in [2.24, 2.45) is 0 Å². The molecule has 0 aliphatic rings. The standard InChI is InChI=1S/C15H17N3O3/c1-2-21-14-6-4-3-5-12(14)9-10-16-15-8-7-13(11-17-15)18(19)20/h3-8,11H,2,9-10H2,1H3,(H,16,17). The number of nitro groups is 1. The van der Waals surface area contributed by atoms with Gasteiger partial charge in [-0.2, -0.15) is 0 Å². The first kappa shape index (κ1) is 14.8. The van der Waals surface area contributed by atoms with Crippen LogP contribution in [0.3, 0.4) is 0 Å². The highest BCUT2D eigenvalue weighted by molar-refractivity contribution is 5.41. The third kappa shape index (κ3) is 4.17. The zero-order valence-electron chi connectivity index (χ0n) is 11.8. The van der Waals surface area contributed by atoms with Gasteiger partial charge in [-0.3, -0.25) is 10.1 Å². The highest BCUT2D eigenvalue weighted by Gasteiger charge is 2.05. The fourth-order valence-electron chi connectivity index (χ4n) is 1.93. The Hall–Kier alpha value is -2.63. The van der Waals surface area contributed by atoms with E-state index >= 15 is 0 Å². The summed E-state index contributed by atoms with van der Waals surface area (Å²) in [7, 11) is 0. The smallest absolute Gasteiger partial charge is 0.287 e. The molecular formula is C15H17N3O3. The highest BCUT2D eigenvalue weighted by Crippen LogP contribution is 2.18. The van der Waals surface area contributed by atoms with Crippen LogP contribution in [0.2, 0.25) is 0 Å². The number of para-hydroxylation sites is 1. The number of benzene rings is 1. The minimum absolute atomic E-state index is 0.0118. The van der Waals surface area contributed by atoms with Crippen LogP contribution >= 0.6 is 0 Å². The van der Waals surface area contributed by atoms with E-state index in [1.165, 1.54) is 12.3 Å². The normalized spacial score (nSPS) is 10.1. The molecular weight excluding hydrogens is 270 g/mol. The molecule has 0 saturated heterocycles. The van der Waals surface area contributed by atoms with Crippen LogP contribution in [0.1, 0.15) is 12.5 Å². The lowest BCUT2D eigenvalue weighted by molar-refractivity contribution is -0.385. The van der Waals surface area contributed by atoms with E-state index in [1.807, 2.05) is 31.2 Å². The molecule has 6 nitrogen and oxygen atoms in total. The van der Waals surface area contributed by atoms with E-state index in [0.29, 0.717) is 19.0 Å². The third-order valence-corrected chi connectivity index (χ3v) is 2.93. The number of rotatable bonds is 7. The van der Waals surface area contributed by atoms with E-state index in [4.69, 9.17) is 4.74 Å². The first-order valence-electron chi connectivity index (χ1n) is 6.75. The molecule has 0 aliphatic carbocycles. The maximum Gasteiger partial charge on any atom is 0.287 e. The average molecular weight is 287 g/mol. The second-order valence-electron chi connectivity index (χ2n) is 4.38. The van der Waals surface area contributed by atoms with Gasteiger partial charge in [0.15, 0.2) is 0 Å². The second-order valence-corrected chi connectivity index (χ2v) is 4.38. The Morgan fingerprint density at radius 1 is 1.29 bits per heavy atom. The summed E-state index contributed by atoms with van der Waals surface area (Å²) in [4.78, 5) is 14.1. The number of nitrogens with one attached hydrogen (secondary N) is 1. The van der Waals surface area contributed by atoms with E-state index < -0.39 is 4.92 Å². The van der Waals surface area contributed by atoms with Crippen LogP contribution in [0, 0.1) is 10.1 Å². The van der Waals surface area contributed by atoms with Crippen LogP contribution in [-0.4, -0.2) is 23.1 Å². The fourth-order valence-corrected chi connectivity index (χ4v) is 1.93. The number of anilines is 1. The van der Waals surface area contributed by atoms with Gasteiger partial charge in [0.2, 0.25) is 0 Å². The summed E-state index contributed by atoms with van der Waals surface area (Å²) in [5.41, 5.74) is 1.11. The summed E-state index contributed by atoms with van der Waals surface area (Å²) >= 11 is 0. The molecule has 1 N–H and O–H groups in total. The highest BCUT2D eigenvalue weighted by atomic mass is 16.6. The molecule has 0 fully saturated rings. The van der Waals surface area contributed by atoms with Crippen LogP contribution in [0.15, 0.2) is 42.6 Å². The van der Waals surface area contributed by atoms with Gasteiger partial charge in [-0.1, -0.05) is 18.2 Å². The molecule has 0 spiro atoms. The topological polar surface area (TPSA) is 77.3 Å². The largest absolute Gasteiger partial charge is 0.494 e. The monoisotopic (exact) mass is 287 g/mol. The fraction of sp³-hybridized carbons (Fsp3) is 0.267. The van der Waals surface area contributed by atoms with Crippen molar-refractivity contribution in [1.82, 2.24) is 4.98 Å². The van der Waals surface area contributed by atoms with Crippen LogP contribution in [-0.2, 0) is 6.42 Å². The van der Waals surface area contributed by atoms with Gasteiger partial charge in [-0.05, 0) is 31.0 Å². The van der Waals surface area contributed by atoms with Crippen molar-refractivity contribution >= 4 is 11.5 Å². The molecule has 21 heavy (non-hydrogen) atoms. The van der Waals surface area contributed by atoms with Gasteiger partial charge >= 0.3 is 0 Å². The molecule has 2 rings (SSSR count). The lowest BCUT2D eigenvalue weighted by Gasteiger charge is -2.10. The summed E-state index contributed by atoms with van der Waals surface area (Å²) in [6, 6.07) is 10.9. The zero-order valence-corrected chi connectivity index (χ0v) is 11.8. The summed E-state index contributed by atoms with van der Waals surface area (Å²) in [6.45, 7) is 3.26. The molecule has 6 heteroatoms. The Labute approximate surface area is 122 Å². The SMILES string of the molecule is CCOc1ccccc1CCNc1ccc([N+](=O)[O-])cn1. The van der Waals surface area contributed by atoms with Gasteiger partial charge < -0.3 is 10.1 Å². The Morgan fingerprint density at radius 3 is 2.76 bits per heavy atom. The number of hydrogen-bond donors (Lipinski definition) is 1. The van der Waals surface area contributed by atoms with Crippen LogP contribution in [0.25, 0.3) is 0 Å². The number of aromatic nitrogens is 1. The molecule has 0 radical (unpaired) electrons. The first-order valence-corrected chi connectivity index (χ1v) is 6.75. The van der Waals surface area contributed by atoms with E-state index in [-0.39, 0.29) is 5.69 Å². The zero-order chi connectivity index (χ0) is 15.1. The predicted molar refractivity (Wildman–Crippen MR) is 80.7 cm³/mol. The van der Waals surface area contributed by atoms with E-state index in [2.05, 4.69) is 10.3 Å². The van der Waals surface area contributed by atoms with Gasteiger partial charge in [-0.25, -0.2) is 4.98 Å². The van der Waals surface area contributed by atoms with Crippen molar-refractivity contribution < 1.29 is 9.66 Å². The average Bonchev–Trinajstić information content (AvgIpc) is 2.50. The van der Waals surface area contributed by atoms with Crippen LogP contribution < -0.4 is 10.1 Å². The molecule has 0 atom stereocenters. The number of hydrogen-bond acceptors (Lipinski definition) is 5. The molecule has 2 aromatic rings. The van der Waals surface area contributed by atoms with Gasteiger partial charge in [0, 0.05) is 12.6 Å². The molecule has 0 amide bonds. The second kappa shape index (κ2) is 7.23. The molecule has 0 unspecified atom stereocenters.